The standard InChI is InChI=1S/C17H20FNO/c1-4-19-11-14-10-13(5-8-17(14)18)16-7-6-15(20-3)9-12(16)2/h5-10,19H,4,11H2,1-3H3. The molecule has 0 unspecified atom stereocenters. The van der Waals surface area contributed by atoms with Crippen LogP contribution in [0, 0.1) is 12.7 Å². The van der Waals surface area contributed by atoms with E-state index < -0.39 is 0 Å². The van der Waals surface area contributed by atoms with Crippen LogP contribution >= 0.6 is 0 Å². The Morgan fingerprint density at radius 3 is 2.60 bits per heavy atom. The van der Waals surface area contributed by atoms with Crippen molar-refractivity contribution in [2.45, 2.75) is 20.4 Å². The van der Waals surface area contributed by atoms with E-state index >= 15 is 0 Å². The maximum absolute atomic E-state index is 13.8. The van der Waals surface area contributed by atoms with Crippen LogP contribution in [-0.4, -0.2) is 13.7 Å². The van der Waals surface area contributed by atoms with Gasteiger partial charge in [-0.05, 0) is 54.4 Å². The Morgan fingerprint density at radius 2 is 1.95 bits per heavy atom. The van der Waals surface area contributed by atoms with Crippen LogP contribution < -0.4 is 10.1 Å². The minimum absolute atomic E-state index is 0.166. The number of methoxy groups -OCH3 is 1. The topological polar surface area (TPSA) is 21.3 Å². The molecule has 0 aromatic heterocycles. The molecule has 0 atom stereocenters. The maximum Gasteiger partial charge on any atom is 0.127 e. The lowest BCUT2D eigenvalue weighted by atomic mass is 9.98. The van der Waals surface area contributed by atoms with Crippen molar-refractivity contribution in [1.82, 2.24) is 5.32 Å². The number of nitrogens with one attached hydrogen (secondary N) is 1. The minimum atomic E-state index is -0.166. The lowest BCUT2D eigenvalue weighted by molar-refractivity contribution is 0.414. The minimum Gasteiger partial charge on any atom is -0.497 e. The predicted octanol–water partition coefficient (Wildman–Crippen LogP) is 3.92. The van der Waals surface area contributed by atoms with Gasteiger partial charge in [0.2, 0.25) is 0 Å². The number of benzene rings is 2. The third-order valence-corrected chi connectivity index (χ3v) is 3.36. The molecule has 2 aromatic carbocycles. The van der Waals surface area contributed by atoms with E-state index in [1.165, 1.54) is 6.07 Å². The van der Waals surface area contributed by atoms with E-state index in [-0.39, 0.29) is 5.82 Å². The molecule has 0 aliphatic carbocycles. The van der Waals surface area contributed by atoms with Gasteiger partial charge in [-0.2, -0.15) is 0 Å². The Morgan fingerprint density at radius 1 is 1.15 bits per heavy atom. The van der Waals surface area contributed by atoms with Gasteiger partial charge >= 0.3 is 0 Å². The average molecular weight is 273 g/mol. The van der Waals surface area contributed by atoms with Crippen LogP contribution in [-0.2, 0) is 6.54 Å². The molecular formula is C17H20FNO. The molecule has 0 fully saturated rings. The lowest BCUT2D eigenvalue weighted by Crippen LogP contribution is -2.13. The first-order valence-electron chi connectivity index (χ1n) is 6.80. The Kier molecular flexibility index (Phi) is 4.74. The van der Waals surface area contributed by atoms with Gasteiger partial charge in [0.15, 0.2) is 0 Å². The van der Waals surface area contributed by atoms with Gasteiger partial charge in [0.05, 0.1) is 7.11 Å². The number of halogens is 1. The van der Waals surface area contributed by atoms with Crippen LogP contribution in [0.25, 0.3) is 11.1 Å². The fourth-order valence-electron chi connectivity index (χ4n) is 2.22. The van der Waals surface area contributed by atoms with Gasteiger partial charge in [-0.15, -0.1) is 0 Å². The zero-order valence-corrected chi connectivity index (χ0v) is 12.2. The largest absolute Gasteiger partial charge is 0.497 e. The molecule has 2 nitrogen and oxygen atoms in total. The van der Waals surface area contributed by atoms with Crippen molar-refractivity contribution in [3.05, 3.63) is 53.3 Å². The van der Waals surface area contributed by atoms with Gasteiger partial charge in [0, 0.05) is 12.1 Å². The second-order valence-electron chi connectivity index (χ2n) is 4.77. The number of hydrogen-bond donors (Lipinski definition) is 1. The second-order valence-corrected chi connectivity index (χ2v) is 4.77. The highest BCUT2D eigenvalue weighted by Crippen LogP contribution is 2.28. The summed E-state index contributed by atoms with van der Waals surface area (Å²) in [6.07, 6.45) is 0. The van der Waals surface area contributed by atoms with E-state index in [1.54, 1.807) is 7.11 Å². The SMILES string of the molecule is CCNCc1cc(-c2ccc(OC)cc2C)ccc1F. The molecule has 0 radical (unpaired) electrons. The summed E-state index contributed by atoms with van der Waals surface area (Å²) < 4.78 is 19.0. The first-order chi connectivity index (χ1) is 9.65. The summed E-state index contributed by atoms with van der Waals surface area (Å²) in [4.78, 5) is 0. The molecule has 0 aliphatic rings. The monoisotopic (exact) mass is 273 g/mol. The summed E-state index contributed by atoms with van der Waals surface area (Å²) in [5.41, 5.74) is 3.94. The van der Waals surface area contributed by atoms with E-state index in [9.17, 15) is 4.39 Å². The van der Waals surface area contributed by atoms with Crippen LogP contribution in [0.15, 0.2) is 36.4 Å². The number of ether oxygens (including phenoxy) is 1. The third-order valence-electron chi connectivity index (χ3n) is 3.36. The summed E-state index contributed by atoms with van der Waals surface area (Å²) >= 11 is 0. The summed E-state index contributed by atoms with van der Waals surface area (Å²) in [5, 5.41) is 3.16. The molecule has 106 valence electrons. The Bertz CT molecular complexity index is 596. The predicted molar refractivity (Wildman–Crippen MR) is 80.5 cm³/mol. The molecule has 0 saturated heterocycles. The molecule has 0 aliphatic heterocycles. The van der Waals surface area contributed by atoms with Crippen molar-refractivity contribution in [2.24, 2.45) is 0 Å². The molecule has 1 N–H and O–H groups in total. The number of aryl methyl sites for hydroxylation is 1. The molecule has 3 heteroatoms. The molecule has 0 spiro atoms. The first kappa shape index (κ1) is 14.5. The molecule has 0 bridgehead atoms. The van der Waals surface area contributed by atoms with Crippen molar-refractivity contribution in [3.8, 4) is 16.9 Å². The van der Waals surface area contributed by atoms with Crippen LogP contribution in [0.4, 0.5) is 4.39 Å². The van der Waals surface area contributed by atoms with Gasteiger partial charge in [-0.1, -0.05) is 19.1 Å². The Labute approximate surface area is 119 Å². The Balaban J connectivity index is 2.37. The second kappa shape index (κ2) is 6.53. The van der Waals surface area contributed by atoms with Gasteiger partial charge in [0.25, 0.3) is 0 Å². The quantitative estimate of drug-likeness (QED) is 0.891. The molecule has 20 heavy (non-hydrogen) atoms. The van der Waals surface area contributed by atoms with Crippen LogP contribution in [0.2, 0.25) is 0 Å². The lowest BCUT2D eigenvalue weighted by Gasteiger charge is -2.11. The summed E-state index contributed by atoms with van der Waals surface area (Å²) in [6, 6.07) is 11.2. The van der Waals surface area contributed by atoms with Crippen LogP contribution in [0.3, 0.4) is 0 Å². The summed E-state index contributed by atoms with van der Waals surface area (Å²) in [7, 11) is 1.65. The highest BCUT2D eigenvalue weighted by Gasteiger charge is 2.07. The Hall–Kier alpha value is -1.87. The van der Waals surface area contributed by atoms with E-state index in [0.29, 0.717) is 12.1 Å². The van der Waals surface area contributed by atoms with E-state index in [2.05, 4.69) is 5.32 Å². The molecular weight excluding hydrogens is 253 g/mol. The van der Waals surface area contributed by atoms with Gasteiger partial charge < -0.3 is 10.1 Å². The zero-order chi connectivity index (χ0) is 14.5. The zero-order valence-electron chi connectivity index (χ0n) is 12.2. The first-order valence-corrected chi connectivity index (χ1v) is 6.80. The molecule has 0 amide bonds. The average Bonchev–Trinajstić information content (AvgIpc) is 2.46. The maximum atomic E-state index is 13.8. The third kappa shape index (κ3) is 3.17. The van der Waals surface area contributed by atoms with Gasteiger partial charge in [-0.3, -0.25) is 0 Å². The number of rotatable bonds is 5. The van der Waals surface area contributed by atoms with Crippen molar-refractivity contribution in [3.63, 3.8) is 0 Å². The van der Waals surface area contributed by atoms with Crippen molar-refractivity contribution in [1.29, 1.82) is 0 Å². The molecule has 0 heterocycles. The van der Waals surface area contributed by atoms with Gasteiger partial charge in [-0.25, -0.2) is 4.39 Å². The van der Waals surface area contributed by atoms with Crippen molar-refractivity contribution in [2.75, 3.05) is 13.7 Å². The van der Waals surface area contributed by atoms with E-state index in [4.69, 9.17) is 4.74 Å². The molecule has 2 rings (SSSR count). The fraction of sp³-hybridized carbons (Fsp3) is 0.294. The highest BCUT2D eigenvalue weighted by atomic mass is 19.1. The number of hydrogen-bond acceptors (Lipinski definition) is 2. The van der Waals surface area contributed by atoms with Crippen molar-refractivity contribution < 1.29 is 9.13 Å². The summed E-state index contributed by atoms with van der Waals surface area (Å²) in [6.45, 7) is 5.41. The van der Waals surface area contributed by atoms with Crippen molar-refractivity contribution >= 4 is 0 Å². The molecule has 0 saturated carbocycles. The summed E-state index contributed by atoms with van der Waals surface area (Å²) in [5.74, 6) is 0.669. The smallest absolute Gasteiger partial charge is 0.127 e. The van der Waals surface area contributed by atoms with Gasteiger partial charge in [0.1, 0.15) is 11.6 Å². The van der Waals surface area contributed by atoms with E-state index in [0.717, 1.165) is 29.0 Å². The van der Waals surface area contributed by atoms with E-state index in [1.807, 2.05) is 44.2 Å². The van der Waals surface area contributed by atoms with Crippen LogP contribution in [0.5, 0.6) is 5.75 Å². The highest BCUT2D eigenvalue weighted by molar-refractivity contribution is 5.68. The molecule has 2 aromatic rings. The fourth-order valence-corrected chi connectivity index (χ4v) is 2.22. The van der Waals surface area contributed by atoms with Crippen LogP contribution in [0.1, 0.15) is 18.1 Å². The normalized spacial score (nSPS) is 10.6.